The number of amides is 1. The summed E-state index contributed by atoms with van der Waals surface area (Å²) in [7, 11) is 0. The van der Waals surface area contributed by atoms with Crippen LogP contribution in [-0.4, -0.2) is 74.6 Å². The van der Waals surface area contributed by atoms with Gasteiger partial charge in [0, 0.05) is 38.1 Å². The molecule has 2 fully saturated rings. The molecule has 0 radical (unpaired) electrons. The first-order valence-corrected chi connectivity index (χ1v) is 9.92. The molecule has 12 heteroatoms. The Kier molecular flexibility index (Phi) is 7.46. The number of carboxylic acid groups (broad SMARTS) is 1. The van der Waals surface area contributed by atoms with Gasteiger partial charge in [-0.25, -0.2) is 4.79 Å². The van der Waals surface area contributed by atoms with Gasteiger partial charge in [-0.05, 0) is 30.5 Å². The molecule has 4 heterocycles. The van der Waals surface area contributed by atoms with Crippen LogP contribution in [0.3, 0.4) is 0 Å². The van der Waals surface area contributed by atoms with Gasteiger partial charge in [0.1, 0.15) is 5.69 Å². The standard InChI is InChI=1S/C18H22N4O3.C2HF3O2/c23-17(16-3-7-20-21-16)22-8-4-18(5-9-22)10-15(13-25-18)24-12-14-2-1-6-19-11-14;3-2(4,5)1(6)7/h1-3,6-7,11,15H,4-5,8-10,12-13H2,(H,20,21);(H,6,7). The molecular formula is C20H23F3N4O5. The van der Waals surface area contributed by atoms with Crippen molar-refractivity contribution in [3.63, 3.8) is 0 Å². The number of aromatic nitrogens is 3. The number of nitrogens with zero attached hydrogens (tertiary/aromatic N) is 3. The third-order valence-electron chi connectivity index (χ3n) is 5.32. The predicted molar refractivity (Wildman–Crippen MR) is 104 cm³/mol. The fraction of sp³-hybridized carbons (Fsp3) is 0.500. The number of rotatable bonds is 4. The molecule has 2 N–H and O–H groups in total. The van der Waals surface area contributed by atoms with Crippen molar-refractivity contribution in [2.24, 2.45) is 0 Å². The highest BCUT2D eigenvalue weighted by atomic mass is 19.4. The molecule has 2 aliphatic heterocycles. The van der Waals surface area contributed by atoms with E-state index in [1.165, 1.54) is 0 Å². The van der Waals surface area contributed by atoms with Gasteiger partial charge in [-0.1, -0.05) is 6.07 Å². The van der Waals surface area contributed by atoms with E-state index in [0.29, 0.717) is 32.0 Å². The normalized spacial score (nSPS) is 20.0. The molecule has 2 aromatic heterocycles. The Morgan fingerprint density at radius 2 is 2.00 bits per heavy atom. The first-order valence-electron chi connectivity index (χ1n) is 9.92. The number of aliphatic carboxylic acids is 1. The predicted octanol–water partition coefficient (Wildman–Crippen LogP) is 2.42. The number of hydrogen-bond acceptors (Lipinski definition) is 6. The smallest absolute Gasteiger partial charge is 0.475 e. The van der Waals surface area contributed by atoms with Crippen molar-refractivity contribution in [1.29, 1.82) is 0 Å². The second-order valence-corrected chi connectivity index (χ2v) is 7.56. The van der Waals surface area contributed by atoms with E-state index in [2.05, 4.69) is 15.2 Å². The summed E-state index contributed by atoms with van der Waals surface area (Å²) in [6.45, 7) is 2.58. The van der Waals surface area contributed by atoms with E-state index in [1.54, 1.807) is 18.5 Å². The van der Waals surface area contributed by atoms with Gasteiger partial charge in [0.2, 0.25) is 0 Å². The number of alkyl halides is 3. The molecule has 2 aliphatic rings. The van der Waals surface area contributed by atoms with E-state index in [-0.39, 0.29) is 17.6 Å². The monoisotopic (exact) mass is 456 g/mol. The van der Waals surface area contributed by atoms with Crippen LogP contribution in [0.4, 0.5) is 13.2 Å². The highest BCUT2D eigenvalue weighted by Crippen LogP contribution is 2.37. The van der Waals surface area contributed by atoms with Gasteiger partial charge in [0.25, 0.3) is 5.91 Å². The van der Waals surface area contributed by atoms with E-state index < -0.39 is 12.1 Å². The van der Waals surface area contributed by atoms with Crippen LogP contribution in [0.1, 0.15) is 35.3 Å². The second-order valence-electron chi connectivity index (χ2n) is 7.56. The molecular weight excluding hydrogens is 433 g/mol. The fourth-order valence-corrected chi connectivity index (χ4v) is 3.62. The average Bonchev–Trinajstić information content (AvgIpc) is 3.44. The number of aromatic amines is 1. The van der Waals surface area contributed by atoms with Crippen LogP contribution in [0.15, 0.2) is 36.8 Å². The SMILES string of the molecule is O=C(O)C(F)(F)F.O=C(c1ccn[nH]1)N1CCC2(CC1)CC(OCc1cccnc1)CO2. The number of likely N-dealkylation sites (tertiary alicyclic amines) is 1. The molecule has 2 aromatic rings. The first-order chi connectivity index (χ1) is 15.2. The molecule has 1 atom stereocenters. The lowest BCUT2D eigenvalue weighted by atomic mass is 9.88. The fourth-order valence-electron chi connectivity index (χ4n) is 3.62. The van der Waals surface area contributed by atoms with Crippen LogP contribution >= 0.6 is 0 Å². The number of ether oxygens (including phenoxy) is 2. The minimum absolute atomic E-state index is 0.00900. The van der Waals surface area contributed by atoms with Crippen LogP contribution in [0, 0.1) is 0 Å². The average molecular weight is 456 g/mol. The summed E-state index contributed by atoms with van der Waals surface area (Å²) < 4.78 is 43.8. The topological polar surface area (TPSA) is 118 Å². The number of carboxylic acids is 1. The van der Waals surface area contributed by atoms with Crippen LogP contribution in [0.5, 0.6) is 0 Å². The number of halogens is 3. The zero-order valence-corrected chi connectivity index (χ0v) is 17.0. The van der Waals surface area contributed by atoms with E-state index in [4.69, 9.17) is 19.4 Å². The Morgan fingerprint density at radius 3 is 2.56 bits per heavy atom. The molecule has 0 aromatic carbocycles. The second kappa shape index (κ2) is 10.1. The lowest BCUT2D eigenvalue weighted by Gasteiger charge is -2.38. The molecule has 0 aliphatic carbocycles. The van der Waals surface area contributed by atoms with E-state index in [1.807, 2.05) is 23.2 Å². The Balaban J connectivity index is 0.000000360. The lowest BCUT2D eigenvalue weighted by Crippen LogP contribution is -2.46. The summed E-state index contributed by atoms with van der Waals surface area (Å²) in [6, 6.07) is 5.64. The molecule has 4 rings (SSSR count). The summed E-state index contributed by atoms with van der Waals surface area (Å²) >= 11 is 0. The van der Waals surface area contributed by atoms with Crippen LogP contribution in [0.25, 0.3) is 0 Å². The maximum atomic E-state index is 12.4. The zero-order valence-electron chi connectivity index (χ0n) is 17.0. The molecule has 9 nitrogen and oxygen atoms in total. The van der Waals surface area contributed by atoms with Gasteiger partial charge in [0.05, 0.1) is 24.9 Å². The van der Waals surface area contributed by atoms with Gasteiger partial charge in [-0.3, -0.25) is 14.9 Å². The number of H-pyrrole nitrogens is 1. The van der Waals surface area contributed by atoms with Crippen molar-refractivity contribution < 1.29 is 37.3 Å². The maximum Gasteiger partial charge on any atom is 0.490 e. The Labute approximate surface area is 181 Å². The van der Waals surface area contributed by atoms with Crippen molar-refractivity contribution in [3.8, 4) is 0 Å². The number of carbonyl (C=O) groups excluding carboxylic acids is 1. The van der Waals surface area contributed by atoms with Gasteiger partial charge in [-0.2, -0.15) is 18.3 Å². The highest BCUT2D eigenvalue weighted by Gasteiger charge is 2.44. The van der Waals surface area contributed by atoms with Crippen molar-refractivity contribution >= 4 is 11.9 Å². The molecule has 1 spiro atoms. The summed E-state index contributed by atoms with van der Waals surface area (Å²) in [5.74, 6) is -2.75. The van der Waals surface area contributed by atoms with Gasteiger partial charge >= 0.3 is 12.1 Å². The van der Waals surface area contributed by atoms with Crippen molar-refractivity contribution in [2.75, 3.05) is 19.7 Å². The minimum Gasteiger partial charge on any atom is -0.475 e. The molecule has 32 heavy (non-hydrogen) atoms. The van der Waals surface area contributed by atoms with E-state index in [9.17, 15) is 18.0 Å². The first kappa shape index (κ1) is 23.7. The minimum atomic E-state index is -5.08. The molecule has 0 bridgehead atoms. The van der Waals surface area contributed by atoms with Crippen LogP contribution < -0.4 is 0 Å². The van der Waals surface area contributed by atoms with E-state index >= 15 is 0 Å². The number of nitrogens with one attached hydrogen (secondary N) is 1. The molecule has 0 saturated carbocycles. The van der Waals surface area contributed by atoms with Crippen molar-refractivity contribution in [3.05, 3.63) is 48.0 Å². The highest BCUT2D eigenvalue weighted by molar-refractivity contribution is 5.92. The molecule has 2 saturated heterocycles. The number of hydrogen-bond donors (Lipinski definition) is 2. The number of piperidine rings is 1. The third kappa shape index (κ3) is 6.26. The quantitative estimate of drug-likeness (QED) is 0.726. The summed E-state index contributed by atoms with van der Waals surface area (Å²) in [4.78, 5) is 27.2. The molecule has 1 unspecified atom stereocenters. The van der Waals surface area contributed by atoms with Gasteiger partial charge < -0.3 is 19.5 Å². The lowest BCUT2D eigenvalue weighted by molar-refractivity contribution is -0.192. The Morgan fingerprint density at radius 1 is 1.28 bits per heavy atom. The van der Waals surface area contributed by atoms with Crippen LogP contribution in [0.2, 0.25) is 0 Å². The number of pyridine rings is 1. The van der Waals surface area contributed by atoms with Crippen molar-refractivity contribution in [1.82, 2.24) is 20.1 Å². The largest absolute Gasteiger partial charge is 0.490 e. The zero-order chi connectivity index (χ0) is 23.2. The summed E-state index contributed by atoms with van der Waals surface area (Å²) in [5.41, 5.74) is 1.47. The Hall–Kier alpha value is -2.99. The third-order valence-corrected chi connectivity index (χ3v) is 5.32. The molecule has 1 amide bonds. The maximum absolute atomic E-state index is 12.4. The summed E-state index contributed by atoms with van der Waals surface area (Å²) in [5, 5.41) is 13.7. The number of carbonyl (C=O) groups is 2. The van der Waals surface area contributed by atoms with E-state index in [0.717, 1.165) is 24.8 Å². The Bertz CT molecular complexity index is 884. The van der Waals surface area contributed by atoms with Gasteiger partial charge in [0.15, 0.2) is 0 Å². The van der Waals surface area contributed by atoms with Crippen molar-refractivity contribution in [2.45, 2.75) is 43.8 Å². The summed E-state index contributed by atoms with van der Waals surface area (Å²) in [6.07, 6.45) is 2.79. The van der Waals surface area contributed by atoms with Crippen LogP contribution in [-0.2, 0) is 20.9 Å². The van der Waals surface area contributed by atoms with Gasteiger partial charge in [-0.15, -0.1) is 0 Å². The molecule has 174 valence electrons.